The maximum Gasteiger partial charge on any atom is 0.119 e. The van der Waals surface area contributed by atoms with Crippen LogP contribution in [0.5, 0.6) is 11.5 Å². The smallest absolute Gasteiger partial charge is 0.119 e. The predicted molar refractivity (Wildman–Crippen MR) is 164 cm³/mol. The number of benzene rings is 2. The van der Waals surface area contributed by atoms with Crippen molar-refractivity contribution in [2.45, 2.75) is 134 Å². The van der Waals surface area contributed by atoms with E-state index < -0.39 is 0 Å². The molecule has 0 radical (unpaired) electrons. The summed E-state index contributed by atoms with van der Waals surface area (Å²) < 4.78 is 6.14. The molecule has 3 aliphatic carbocycles. The molecule has 0 heterocycles. The normalized spacial score (nSPS) is 23.1. The summed E-state index contributed by atoms with van der Waals surface area (Å²) in [4.78, 5) is 0. The summed E-state index contributed by atoms with van der Waals surface area (Å²) >= 11 is 0. The number of aromatic hydroxyl groups is 1. The molecule has 2 fully saturated rings. The standard InChI is InChI=1S/C37H54O2/c38-34-22-25-36-33(28-34)17-10-16-32(21-18-30-13-4-1-2-5-14-30)37(36)27-31-19-23-35(24-20-31)39-26-9-8-15-29-11-6-3-7-12-29/h19-20,22-25,28-30,32,37-38H,1-18,21,26-27H2. The average Bonchev–Trinajstić information content (AvgIpc) is 3.32. The Morgan fingerprint density at radius 3 is 2.10 bits per heavy atom. The molecule has 0 saturated heterocycles. The van der Waals surface area contributed by atoms with Crippen LogP contribution in [0.4, 0.5) is 0 Å². The highest BCUT2D eigenvalue weighted by Gasteiger charge is 2.29. The van der Waals surface area contributed by atoms with E-state index in [9.17, 15) is 5.11 Å². The zero-order valence-corrected chi connectivity index (χ0v) is 24.6. The minimum atomic E-state index is 0.421. The average molecular weight is 531 g/mol. The number of hydrogen-bond donors (Lipinski definition) is 1. The van der Waals surface area contributed by atoms with Gasteiger partial charge in [-0.2, -0.15) is 0 Å². The second-order valence-electron chi connectivity index (χ2n) is 13.3. The third-order valence-corrected chi connectivity index (χ3v) is 10.4. The highest BCUT2D eigenvalue weighted by Crippen LogP contribution is 2.42. The van der Waals surface area contributed by atoms with Crippen molar-refractivity contribution in [3.05, 3.63) is 59.2 Å². The maximum atomic E-state index is 10.2. The maximum absolute atomic E-state index is 10.2. The van der Waals surface area contributed by atoms with Crippen molar-refractivity contribution >= 4 is 0 Å². The Morgan fingerprint density at radius 2 is 1.36 bits per heavy atom. The third-order valence-electron chi connectivity index (χ3n) is 10.4. The van der Waals surface area contributed by atoms with E-state index in [0.717, 1.165) is 43.0 Å². The number of fused-ring (bicyclic) bond motifs is 1. The van der Waals surface area contributed by atoms with E-state index in [-0.39, 0.29) is 0 Å². The van der Waals surface area contributed by atoms with Crippen LogP contribution in [0.1, 0.15) is 138 Å². The van der Waals surface area contributed by atoms with E-state index in [1.807, 2.05) is 12.1 Å². The van der Waals surface area contributed by atoms with Gasteiger partial charge in [-0.1, -0.05) is 102 Å². The van der Waals surface area contributed by atoms with Crippen LogP contribution < -0.4 is 4.74 Å². The zero-order valence-electron chi connectivity index (χ0n) is 24.6. The van der Waals surface area contributed by atoms with Gasteiger partial charge in [0.15, 0.2) is 0 Å². The second kappa shape index (κ2) is 15.2. The van der Waals surface area contributed by atoms with Crippen LogP contribution in [-0.2, 0) is 12.8 Å². The van der Waals surface area contributed by atoms with E-state index in [0.29, 0.717) is 11.7 Å². The van der Waals surface area contributed by atoms with E-state index in [2.05, 4.69) is 30.3 Å². The zero-order chi connectivity index (χ0) is 26.7. The Kier molecular flexibility index (Phi) is 11.1. The quantitative estimate of drug-likeness (QED) is 0.178. The van der Waals surface area contributed by atoms with Crippen LogP contribution in [-0.4, -0.2) is 11.7 Å². The minimum absolute atomic E-state index is 0.421. The van der Waals surface area contributed by atoms with Crippen LogP contribution in [0.15, 0.2) is 42.5 Å². The van der Waals surface area contributed by atoms with Gasteiger partial charge >= 0.3 is 0 Å². The molecule has 2 aromatic carbocycles. The lowest BCUT2D eigenvalue weighted by Gasteiger charge is -2.29. The van der Waals surface area contributed by atoms with E-state index in [1.54, 1.807) is 0 Å². The van der Waals surface area contributed by atoms with Gasteiger partial charge in [0, 0.05) is 0 Å². The first-order chi connectivity index (χ1) is 19.2. The molecule has 0 spiro atoms. The summed E-state index contributed by atoms with van der Waals surface area (Å²) in [5, 5.41) is 10.2. The van der Waals surface area contributed by atoms with Crippen molar-refractivity contribution in [1.29, 1.82) is 0 Å². The summed E-state index contributed by atoms with van der Waals surface area (Å²) in [6.07, 6.45) is 27.3. The fraction of sp³-hybridized carbons (Fsp3) is 0.676. The Labute approximate surface area is 239 Å². The van der Waals surface area contributed by atoms with Gasteiger partial charge in [-0.3, -0.25) is 0 Å². The van der Waals surface area contributed by atoms with Crippen LogP contribution in [0, 0.1) is 17.8 Å². The number of ether oxygens (including phenoxy) is 1. The first kappa shape index (κ1) is 28.6. The molecule has 2 atom stereocenters. The molecule has 0 bridgehead atoms. The lowest BCUT2D eigenvalue weighted by atomic mass is 9.76. The molecule has 2 unspecified atom stereocenters. The number of unbranched alkanes of at least 4 members (excludes halogenated alkanes) is 1. The number of phenols is 1. The van der Waals surface area contributed by atoms with Gasteiger partial charge in [-0.15, -0.1) is 0 Å². The Hall–Kier alpha value is -1.96. The SMILES string of the molecule is Oc1ccc2c(c1)CCCC(CCC1CCCCCC1)C2Cc1ccc(OCCCCC2CCCCC2)cc1. The summed E-state index contributed by atoms with van der Waals surface area (Å²) in [6, 6.07) is 15.2. The predicted octanol–water partition coefficient (Wildman–Crippen LogP) is 10.6. The lowest BCUT2D eigenvalue weighted by Crippen LogP contribution is -2.17. The van der Waals surface area contributed by atoms with Gasteiger partial charge in [0.05, 0.1) is 6.61 Å². The van der Waals surface area contributed by atoms with Crippen LogP contribution in [0.25, 0.3) is 0 Å². The first-order valence-corrected chi connectivity index (χ1v) is 16.8. The van der Waals surface area contributed by atoms with Crippen molar-refractivity contribution in [2.24, 2.45) is 17.8 Å². The molecule has 2 aromatic rings. The molecule has 2 heteroatoms. The number of hydrogen-bond acceptors (Lipinski definition) is 2. The molecular weight excluding hydrogens is 476 g/mol. The number of phenolic OH excluding ortho intramolecular Hbond substituents is 1. The highest BCUT2D eigenvalue weighted by molar-refractivity contribution is 5.40. The summed E-state index contributed by atoms with van der Waals surface area (Å²) in [7, 11) is 0. The fourth-order valence-electron chi connectivity index (χ4n) is 8.08. The first-order valence-electron chi connectivity index (χ1n) is 16.8. The highest BCUT2D eigenvalue weighted by atomic mass is 16.5. The monoisotopic (exact) mass is 530 g/mol. The Balaban J connectivity index is 1.17. The van der Waals surface area contributed by atoms with Crippen molar-refractivity contribution in [1.82, 2.24) is 0 Å². The Bertz CT molecular complexity index is 965. The summed E-state index contributed by atoms with van der Waals surface area (Å²) in [6.45, 7) is 0.842. The lowest BCUT2D eigenvalue weighted by molar-refractivity contribution is 0.283. The molecular formula is C37H54O2. The minimum Gasteiger partial charge on any atom is -0.508 e. The van der Waals surface area contributed by atoms with Crippen LogP contribution in [0.3, 0.4) is 0 Å². The molecule has 0 aliphatic heterocycles. The molecule has 0 amide bonds. The molecule has 1 N–H and O–H groups in total. The van der Waals surface area contributed by atoms with Gasteiger partial charge in [0.1, 0.15) is 11.5 Å². The van der Waals surface area contributed by atoms with Crippen molar-refractivity contribution in [3.8, 4) is 11.5 Å². The molecule has 2 saturated carbocycles. The second-order valence-corrected chi connectivity index (χ2v) is 13.3. The van der Waals surface area contributed by atoms with Gasteiger partial charge in [-0.25, -0.2) is 0 Å². The fourth-order valence-corrected chi connectivity index (χ4v) is 8.08. The summed E-state index contributed by atoms with van der Waals surface area (Å²) in [5.74, 6) is 4.64. The molecule has 39 heavy (non-hydrogen) atoms. The van der Waals surface area contributed by atoms with Crippen molar-refractivity contribution in [2.75, 3.05) is 6.61 Å². The molecule has 214 valence electrons. The number of rotatable bonds is 11. The molecule has 3 aliphatic rings. The van der Waals surface area contributed by atoms with Crippen molar-refractivity contribution < 1.29 is 9.84 Å². The van der Waals surface area contributed by atoms with Gasteiger partial charge < -0.3 is 9.84 Å². The largest absolute Gasteiger partial charge is 0.508 e. The molecule has 2 nitrogen and oxygen atoms in total. The molecule has 5 rings (SSSR count). The van der Waals surface area contributed by atoms with E-state index in [4.69, 9.17) is 4.74 Å². The van der Waals surface area contributed by atoms with Gasteiger partial charge in [0.2, 0.25) is 0 Å². The van der Waals surface area contributed by atoms with Gasteiger partial charge in [0.25, 0.3) is 0 Å². The van der Waals surface area contributed by atoms with Crippen molar-refractivity contribution in [3.63, 3.8) is 0 Å². The summed E-state index contributed by atoms with van der Waals surface area (Å²) in [5.41, 5.74) is 4.30. The van der Waals surface area contributed by atoms with E-state index in [1.165, 1.54) is 132 Å². The van der Waals surface area contributed by atoms with Crippen LogP contribution in [0.2, 0.25) is 0 Å². The topological polar surface area (TPSA) is 29.5 Å². The molecule has 0 aromatic heterocycles. The third kappa shape index (κ3) is 8.76. The number of aryl methyl sites for hydroxylation is 1. The Morgan fingerprint density at radius 1 is 0.667 bits per heavy atom. The van der Waals surface area contributed by atoms with Crippen LogP contribution >= 0.6 is 0 Å². The van der Waals surface area contributed by atoms with Gasteiger partial charge in [-0.05, 0) is 110 Å². The van der Waals surface area contributed by atoms with E-state index >= 15 is 0 Å².